The zero-order chi connectivity index (χ0) is 22.1. The minimum absolute atomic E-state index is 0.248. The summed E-state index contributed by atoms with van der Waals surface area (Å²) in [4.78, 5) is 37.5. The molecule has 0 saturated heterocycles. The van der Waals surface area contributed by atoms with Gasteiger partial charge in [-0.05, 0) is 36.2 Å². The van der Waals surface area contributed by atoms with E-state index in [0.717, 1.165) is 11.1 Å². The fourth-order valence-corrected chi connectivity index (χ4v) is 3.01. The smallest absolute Gasteiger partial charge is 0.329 e. The zero-order valence-electron chi connectivity index (χ0n) is 17.2. The van der Waals surface area contributed by atoms with E-state index in [1.54, 1.807) is 36.4 Å². The van der Waals surface area contributed by atoms with Crippen molar-refractivity contribution in [3.05, 3.63) is 102 Å². The number of para-hydroxylation sites is 1. The Hall–Kier alpha value is -3.93. The van der Waals surface area contributed by atoms with Crippen LogP contribution in [0.25, 0.3) is 0 Å². The molecule has 0 radical (unpaired) electrons. The molecule has 0 saturated carbocycles. The molecule has 2 amide bonds. The molecule has 1 atom stereocenters. The number of rotatable bonds is 8. The van der Waals surface area contributed by atoms with Crippen LogP contribution < -0.4 is 10.6 Å². The second-order valence-corrected chi connectivity index (χ2v) is 7.05. The predicted molar refractivity (Wildman–Crippen MR) is 119 cm³/mol. The van der Waals surface area contributed by atoms with E-state index in [1.807, 2.05) is 55.5 Å². The highest BCUT2D eigenvalue weighted by atomic mass is 16.5. The van der Waals surface area contributed by atoms with Crippen molar-refractivity contribution in [1.82, 2.24) is 5.32 Å². The molecule has 31 heavy (non-hydrogen) atoms. The first kappa shape index (κ1) is 21.8. The van der Waals surface area contributed by atoms with Gasteiger partial charge in [0.05, 0.1) is 0 Å². The summed E-state index contributed by atoms with van der Waals surface area (Å²) in [6, 6.07) is 24.3. The Balaban J connectivity index is 1.64. The molecular formula is C25H24N2O4. The second-order valence-electron chi connectivity index (χ2n) is 7.05. The van der Waals surface area contributed by atoms with Crippen LogP contribution in [0.3, 0.4) is 0 Å². The van der Waals surface area contributed by atoms with Crippen LogP contribution in [0.2, 0.25) is 0 Å². The molecule has 158 valence electrons. The number of anilines is 1. The van der Waals surface area contributed by atoms with Crippen molar-refractivity contribution in [3.8, 4) is 0 Å². The van der Waals surface area contributed by atoms with E-state index >= 15 is 0 Å². The van der Waals surface area contributed by atoms with Crippen LogP contribution in [0.1, 0.15) is 21.5 Å². The lowest BCUT2D eigenvalue weighted by atomic mass is 10.1. The number of benzene rings is 3. The Morgan fingerprint density at radius 3 is 2.13 bits per heavy atom. The van der Waals surface area contributed by atoms with Crippen molar-refractivity contribution < 1.29 is 19.1 Å². The van der Waals surface area contributed by atoms with Gasteiger partial charge in [-0.25, -0.2) is 4.79 Å². The highest BCUT2D eigenvalue weighted by Crippen LogP contribution is 2.13. The molecule has 0 aliphatic rings. The maximum Gasteiger partial charge on any atom is 0.329 e. The lowest BCUT2D eigenvalue weighted by Crippen LogP contribution is -2.44. The predicted octanol–water partition coefficient (Wildman–Crippen LogP) is 3.52. The third kappa shape index (κ3) is 6.54. The van der Waals surface area contributed by atoms with Gasteiger partial charge in [-0.15, -0.1) is 0 Å². The number of amides is 2. The molecule has 6 nitrogen and oxygen atoms in total. The molecule has 3 aromatic carbocycles. The van der Waals surface area contributed by atoms with Gasteiger partial charge < -0.3 is 15.4 Å². The number of hydrogen-bond donors (Lipinski definition) is 2. The number of ether oxygens (including phenoxy) is 1. The SMILES string of the molecule is Cc1ccccc1NC(=O)COC(=O)[C@@H](Cc1ccccc1)NC(=O)c1ccccc1. The van der Waals surface area contributed by atoms with Gasteiger partial charge in [0.1, 0.15) is 6.04 Å². The molecule has 0 aliphatic carbocycles. The first-order chi connectivity index (χ1) is 15.0. The maximum atomic E-state index is 12.7. The summed E-state index contributed by atoms with van der Waals surface area (Å²) in [5, 5.41) is 5.44. The molecule has 3 rings (SSSR count). The van der Waals surface area contributed by atoms with Crippen LogP contribution >= 0.6 is 0 Å². The van der Waals surface area contributed by atoms with Crippen molar-refractivity contribution in [3.63, 3.8) is 0 Å². The molecule has 0 unspecified atom stereocenters. The van der Waals surface area contributed by atoms with E-state index in [-0.39, 0.29) is 12.3 Å². The average Bonchev–Trinajstić information content (AvgIpc) is 2.80. The maximum absolute atomic E-state index is 12.7. The molecule has 0 aromatic heterocycles. The van der Waals surface area contributed by atoms with E-state index in [0.29, 0.717) is 11.3 Å². The Labute approximate surface area is 181 Å². The summed E-state index contributed by atoms with van der Waals surface area (Å²) in [6.45, 7) is 1.43. The average molecular weight is 416 g/mol. The molecule has 0 heterocycles. The number of carbonyl (C=O) groups excluding carboxylic acids is 3. The van der Waals surface area contributed by atoms with Crippen LogP contribution in [-0.2, 0) is 20.7 Å². The van der Waals surface area contributed by atoms with E-state index in [1.165, 1.54) is 0 Å². The quantitative estimate of drug-likeness (QED) is 0.551. The van der Waals surface area contributed by atoms with E-state index < -0.39 is 24.5 Å². The monoisotopic (exact) mass is 416 g/mol. The van der Waals surface area contributed by atoms with Gasteiger partial charge in [0.2, 0.25) is 0 Å². The molecule has 2 N–H and O–H groups in total. The molecule has 0 spiro atoms. The summed E-state index contributed by atoms with van der Waals surface area (Å²) in [5.74, 6) is -1.51. The van der Waals surface area contributed by atoms with Crippen LogP contribution in [0, 0.1) is 6.92 Å². The number of nitrogens with one attached hydrogen (secondary N) is 2. The van der Waals surface area contributed by atoms with Gasteiger partial charge in [0.25, 0.3) is 11.8 Å². The van der Waals surface area contributed by atoms with Crippen molar-refractivity contribution in [2.24, 2.45) is 0 Å². The number of aryl methyl sites for hydroxylation is 1. The second kappa shape index (κ2) is 10.7. The molecule has 0 bridgehead atoms. The van der Waals surface area contributed by atoms with Crippen LogP contribution in [0.15, 0.2) is 84.9 Å². The van der Waals surface area contributed by atoms with Gasteiger partial charge in [-0.2, -0.15) is 0 Å². The topological polar surface area (TPSA) is 84.5 Å². The molecule has 0 aliphatic heterocycles. The summed E-state index contributed by atoms with van der Waals surface area (Å²) in [6.07, 6.45) is 0.248. The van der Waals surface area contributed by atoms with Crippen LogP contribution in [0.5, 0.6) is 0 Å². The normalized spacial score (nSPS) is 11.3. The highest BCUT2D eigenvalue weighted by Gasteiger charge is 2.24. The zero-order valence-corrected chi connectivity index (χ0v) is 17.2. The fraction of sp³-hybridized carbons (Fsp3) is 0.160. The third-order valence-electron chi connectivity index (χ3n) is 4.67. The Kier molecular flexibility index (Phi) is 7.54. The number of esters is 1. The summed E-state index contributed by atoms with van der Waals surface area (Å²) < 4.78 is 5.22. The van der Waals surface area contributed by atoms with E-state index in [2.05, 4.69) is 10.6 Å². The largest absolute Gasteiger partial charge is 0.454 e. The number of hydrogen-bond acceptors (Lipinski definition) is 4. The standard InChI is InChI=1S/C25H24N2O4/c1-18-10-8-9-15-21(18)26-23(28)17-31-25(30)22(16-19-11-4-2-5-12-19)27-24(29)20-13-6-3-7-14-20/h2-15,22H,16-17H2,1H3,(H,26,28)(H,27,29)/t22-/m1/s1. The minimum Gasteiger partial charge on any atom is -0.454 e. The molecule has 0 fully saturated rings. The van der Waals surface area contributed by atoms with Gasteiger partial charge in [0.15, 0.2) is 6.61 Å². The molecule has 6 heteroatoms. The van der Waals surface area contributed by atoms with Gasteiger partial charge in [-0.1, -0.05) is 66.7 Å². The first-order valence-corrected chi connectivity index (χ1v) is 9.95. The fourth-order valence-electron chi connectivity index (χ4n) is 3.01. The van der Waals surface area contributed by atoms with Crippen LogP contribution in [0.4, 0.5) is 5.69 Å². The Morgan fingerprint density at radius 2 is 1.45 bits per heavy atom. The number of carbonyl (C=O) groups is 3. The van der Waals surface area contributed by atoms with Crippen molar-refractivity contribution >= 4 is 23.5 Å². The third-order valence-corrected chi connectivity index (χ3v) is 4.67. The van der Waals surface area contributed by atoms with E-state index in [9.17, 15) is 14.4 Å². The van der Waals surface area contributed by atoms with Crippen molar-refractivity contribution in [1.29, 1.82) is 0 Å². The summed E-state index contributed by atoms with van der Waals surface area (Å²) in [5.41, 5.74) is 2.86. The Morgan fingerprint density at radius 1 is 0.839 bits per heavy atom. The van der Waals surface area contributed by atoms with Gasteiger partial charge in [0, 0.05) is 17.7 Å². The lowest BCUT2D eigenvalue weighted by Gasteiger charge is -2.18. The first-order valence-electron chi connectivity index (χ1n) is 9.95. The summed E-state index contributed by atoms with van der Waals surface area (Å²) >= 11 is 0. The highest BCUT2D eigenvalue weighted by molar-refractivity contribution is 5.97. The summed E-state index contributed by atoms with van der Waals surface area (Å²) in [7, 11) is 0. The molecule has 3 aromatic rings. The van der Waals surface area contributed by atoms with Crippen molar-refractivity contribution in [2.45, 2.75) is 19.4 Å². The molecular weight excluding hydrogens is 392 g/mol. The Bertz CT molecular complexity index is 1040. The van der Waals surface area contributed by atoms with E-state index in [4.69, 9.17) is 4.74 Å². The minimum atomic E-state index is -0.929. The lowest BCUT2D eigenvalue weighted by molar-refractivity contribution is -0.149. The van der Waals surface area contributed by atoms with Gasteiger partial charge in [-0.3, -0.25) is 9.59 Å². The van der Waals surface area contributed by atoms with Crippen molar-refractivity contribution in [2.75, 3.05) is 11.9 Å². The van der Waals surface area contributed by atoms with Crippen LogP contribution in [-0.4, -0.2) is 30.4 Å². The van der Waals surface area contributed by atoms with Gasteiger partial charge >= 0.3 is 5.97 Å².